The summed E-state index contributed by atoms with van der Waals surface area (Å²) in [5, 5.41) is 15.4. The van der Waals surface area contributed by atoms with Gasteiger partial charge in [-0.1, -0.05) is 0 Å². The molecule has 0 aliphatic carbocycles. The summed E-state index contributed by atoms with van der Waals surface area (Å²) in [5.41, 5.74) is 2.34. The molecule has 0 aliphatic heterocycles. The predicted molar refractivity (Wildman–Crippen MR) is 96.4 cm³/mol. The number of nitriles is 1. The van der Waals surface area contributed by atoms with Gasteiger partial charge in [0.2, 0.25) is 0 Å². The number of hydrogen-bond acceptors (Lipinski definition) is 6. The van der Waals surface area contributed by atoms with E-state index in [9.17, 15) is 0 Å². The summed E-state index contributed by atoms with van der Waals surface area (Å²) in [4.78, 5) is 4.60. The summed E-state index contributed by atoms with van der Waals surface area (Å²) in [5.74, 6) is 0.738. The highest BCUT2D eigenvalue weighted by Crippen LogP contribution is 2.28. The van der Waals surface area contributed by atoms with Gasteiger partial charge in [-0.3, -0.25) is 0 Å². The summed E-state index contributed by atoms with van der Waals surface area (Å²) >= 11 is 1.60. The first-order valence-corrected chi connectivity index (χ1v) is 8.92. The molecule has 5 nitrogen and oxygen atoms in total. The molecule has 0 fully saturated rings. The van der Waals surface area contributed by atoms with Crippen LogP contribution in [0.1, 0.15) is 50.1 Å². The fraction of sp³-hybridized carbons (Fsp3) is 0.444. The van der Waals surface area contributed by atoms with Crippen molar-refractivity contribution in [3.63, 3.8) is 0 Å². The van der Waals surface area contributed by atoms with Gasteiger partial charge in [-0.25, -0.2) is 4.98 Å². The molecule has 6 heteroatoms. The van der Waals surface area contributed by atoms with E-state index in [4.69, 9.17) is 14.7 Å². The molecule has 0 aliphatic rings. The number of nitrogens with zero attached hydrogens (tertiary/aromatic N) is 2. The minimum Gasteiger partial charge on any atom is -0.489 e. The minimum atomic E-state index is 0.00972. The molecule has 0 saturated carbocycles. The molecule has 24 heavy (non-hydrogen) atoms. The van der Waals surface area contributed by atoms with Gasteiger partial charge in [0, 0.05) is 12.0 Å². The second kappa shape index (κ2) is 8.67. The Labute approximate surface area is 147 Å². The van der Waals surface area contributed by atoms with E-state index in [1.165, 1.54) is 0 Å². The SMILES string of the molecule is CCOC(C)c1nc(CNc2cc(C#N)ccc2OC(C)C)cs1. The minimum absolute atomic E-state index is 0.00972. The highest BCUT2D eigenvalue weighted by molar-refractivity contribution is 7.09. The third-order valence-corrected chi connectivity index (χ3v) is 4.32. The van der Waals surface area contributed by atoms with Crippen molar-refractivity contribution >= 4 is 17.0 Å². The van der Waals surface area contributed by atoms with E-state index in [1.54, 1.807) is 23.5 Å². The summed E-state index contributed by atoms with van der Waals surface area (Å²) in [6, 6.07) is 7.53. The lowest BCUT2D eigenvalue weighted by molar-refractivity contribution is 0.0761. The van der Waals surface area contributed by atoms with Gasteiger partial charge in [0.1, 0.15) is 16.9 Å². The van der Waals surface area contributed by atoms with Crippen LogP contribution >= 0.6 is 11.3 Å². The van der Waals surface area contributed by atoms with E-state index in [0.29, 0.717) is 18.7 Å². The molecule has 0 amide bonds. The largest absolute Gasteiger partial charge is 0.489 e. The summed E-state index contributed by atoms with van der Waals surface area (Å²) in [7, 11) is 0. The maximum atomic E-state index is 9.09. The second-order valence-corrected chi connectivity index (χ2v) is 6.51. The van der Waals surface area contributed by atoms with Crippen LogP contribution in [0.15, 0.2) is 23.6 Å². The standard InChI is InChI=1S/C18H23N3O2S/c1-5-22-13(4)18-21-15(11-24-18)10-20-16-8-14(9-19)6-7-17(16)23-12(2)3/h6-8,11-13,20H,5,10H2,1-4H3. The van der Waals surface area contributed by atoms with Crippen LogP contribution in [-0.2, 0) is 11.3 Å². The molecule has 0 bridgehead atoms. The zero-order chi connectivity index (χ0) is 17.5. The molecule has 2 aromatic rings. The highest BCUT2D eigenvalue weighted by atomic mass is 32.1. The van der Waals surface area contributed by atoms with Gasteiger partial charge in [-0.15, -0.1) is 11.3 Å². The number of nitrogens with one attached hydrogen (secondary N) is 1. The van der Waals surface area contributed by atoms with Gasteiger partial charge in [-0.05, 0) is 45.9 Å². The number of benzene rings is 1. The quantitative estimate of drug-likeness (QED) is 0.762. The zero-order valence-corrected chi connectivity index (χ0v) is 15.3. The van der Waals surface area contributed by atoms with Crippen molar-refractivity contribution in [2.45, 2.75) is 46.4 Å². The third-order valence-electron chi connectivity index (χ3n) is 3.27. The Morgan fingerprint density at radius 1 is 1.33 bits per heavy atom. The monoisotopic (exact) mass is 345 g/mol. The number of ether oxygens (including phenoxy) is 2. The molecule has 1 N–H and O–H groups in total. The molecule has 1 aromatic carbocycles. The van der Waals surface area contributed by atoms with Crippen LogP contribution in [0.5, 0.6) is 5.75 Å². The van der Waals surface area contributed by atoms with Crippen molar-refractivity contribution in [1.82, 2.24) is 4.98 Å². The summed E-state index contributed by atoms with van der Waals surface area (Å²) in [6.45, 7) is 9.17. The van der Waals surface area contributed by atoms with Crippen LogP contribution in [0.2, 0.25) is 0 Å². The first-order valence-electron chi connectivity index (χ1n) is 8.04. The van der Waals surface area contributed by atoms with Gasteiger partial charge in [-0.2, -0.15) is 5.26 Å². The molecular formula is C18H23N3O2S. The Hall–Kier alpha value is -2.10. The lowest BCUT2D eigenvalue weighted by Gasteiger charge is -2.15. The Balaban J connectivity index is 2.09. The van der Waals surface area contributed by atoms with Crippen molar-refractivity contribution in [3.05, 3.63) is 39.8 Å². The van der Waals surface area contributed by atoms with Crippen LogP contribution in [0.4, 0.5) is 5.69 Å². The topological polar surface area (TPSA) is 67.2 Å². The Bertz CT molecular complexity index is 707. The van der Waals surface area contributed by atoms with E-state index in [1.807, 2.05) is 39.1 Å². The summed E-state index contributed by atoms with van der Waals surface area (Å²) in [6.07, 6.45) is 0.0758. The van der Waals surface area contributed by atoms with Crippen LogP contribution < -0.4 is 10.1 Å². The predicted octanol–water partition coefficient (Wildman–Crippen LogP) is 4.51. The van der Waals surface area contributed by atoms with Crippen molar-refractivity contribution in [1.29, 1.82) is 5.26 Å². The average Bonchev–Trinajstić information content (AvgIpc) is 3.02. The van der Waals surface area contributed by atoms with Gasteiger partial charge in [0.05, 0.1) is 35.7 Å². The Morgan fingerprint density at radius 2 is 2.12 bits per heavy atom. The third kappa shape index (κ3) is 4.95. The lowest BCUT2D eigenvalue weighted by atomic mass is 10.2. The van der Waals surface area contributed by atoms with E-state index in [2.05, 4.69) is 16.4 Å². The van der Waals surface area contributed by atoms with E-state index in [0.717, 1.165) is 22.1 Å². The smallest absolute Gasteiger partial charge is 0.142 e. The first-order chi connectivity index (χ1) is 11.5. The Kier molecular flexibility index (Phi) is 6.59. The van der Waals surface area contributed by atoms with Crippen LogP contribution in [-0.4, -0.2) is 17.7 Å². The number of anilines is 1. The molecule has 1 aromatic heterocycles. The average molecular weight is 345 g/mol. The first kappa shape index (κ1) is 18.2. The van der Waals surface area contributed by atoms with Crippen LogP contribution in [0.3, 0.4) is 0 Å². The number of hydrogen-bond donors (Lipinski definition) is 1. The molecule has 0 spiro atoms. The fourth-order valence-electron chi connectivity index (χ4n) is 2.19. The van der Waals surface area contributed by atoms with E-state index < -0.39 is 0 Å². The molecule has 1 unspecified atom stereocenters. The van der Waals surface area contributed by atoms with Crippen LogP contribution in [0, 0.1) is 11.3 Å². The molecular weight excluding hydrogens is 322 g/mol. The Morgan fingerprint density at radius 3 is 2.79 bits per heavy atom. The molecule has 1 atom stereocenters. The van der Waals surface area contributed by atoms with Gasteiger partial charge in [0.25, 0.3) is 0 Å². The van der Waals surface area contributed by atoms with Gasteiger partial charge in [0.15, 0.2) is 0 Å². The molecule has 0 radical (unpaired) electrons. The second-order valence-electron chi connectivity index (χ2n) is 5.62. The van der Waals surface area contributed by atoms with Crippen LogP contribution in [0.25, 0.3) is 0 Å². The summed E-state index contributed by atoms with van der Waals surface area (Å²) < 4.78 is 11.4. The van der Waals surface area contributed by atoms with Gasteiger partial charge >= 0.3 is 0 Å². The fourth-order valence-corrected chi connectivity index (χ4v) is 3.01. The van der Waals surface area contributed by atoms with Crippen molar-refractivity contribution in [3.8, 4) is 11.8 Å². The number of aromatic nitrogens is 1. The van der Waals surface area contributed by atoms with E-state index >= 15 is 0 Å². The number of thiazole rings is 1. The van der Waals surface area contributed by atoms with Crippen molar-refractivity contribution in [2.75, 3.05) is 11.9 Å². The maximum Gasteiger partial charge on any atom is 0.142 e. The highest BCUT2D eigenvalue weighted by Gasteiger charge is 2.12. The maximum absolute atomic E-state index is 9.09. The van der Waals surface area contributed by atoms with Crippen molar-refractivity contribution in [2.24, 2.45) is 0 Å². The normalized spacial score (nSPS) is 12.0. The van der Waals surface area contributed by atoms with Gasteiger partial charge < -0.3 is 14.8 Å². The van der Waals surface area contributed by atoms with Crippen molar-refractivity contribution < 1.29 is 9.47 Å². The molecule has 128 valence electrons. The molecule has 0 saturated heterocycles. The zero-order valence-electron chi connectivity index (χ0n) is 14.5. The molecule has 2 rings (SSSR count). The molecule has 1 heterocycles. The lowest BCUT2D eigenvalue weighted by Crippen LogP contribution is -2.09. The number of rotatable bonds is 8. The van der Waals surface area contributed by atoms with E-state index in [-0.39, 0.29) is 12.2 Å².